The molecule has 33 heavy (non-hydrogen) atoms. The number of fused-ring (bicyclic) bond motifs is 1. The minimum Gasteiger partial charge on any atom is -0.472 e. The third kappa shape index (κ3) is 6.68. The van der Waals surface area contributed by atoms with Crippen LogP contribution in [0.2, 0.25) is 5.02 Å². The zero-order valence-corrected chi connectivity index (χ0v) is 21.3. The fraction of sp³-hybridized carbons (Fsp3) is 0.409. The van der Waals surface area contributed by atoms with Gasteiger partial charge in [-0.15, -0.1) is 36.2 Å². The summed E-state index contributed by atoms with van der Waals surface area (Å²) in [7, 11) is 0. The third-order valence-corrected chi connectivity index (χ3v) is 6.89. The summed E-state index contributed by atoms with van der Waals surface area (Å²) < 4.78 is 5.84. The summed E-state index contributed by atoms with van der Waals surface area (Å²) in [5.74, 6) is 1.39. The lowest BCUT2D eigenvalue weighted by Crippen LogP contribution is -2.46. The standard InChI is InChI=1S/C22H25ClN6OS.2ClH/c23-17-3-1-2-16(10-17)15-30-21-13-25-12-20(27-21)29-8-6-28(7-9-29)14-22-26-18-4-5-24-11-19(18)31-22;;/h1-3,10,12-13,24H,4-9,11,14-15H2;2*1H. The minimum atomic E-state index is 0. The molecule has 178 valence electrons. The van der Waals surface area contributed by atoms with E-state index in [0.717, 1.165) is 63.6 Å². The molecule has 0 saturated carbocycles. The van der Waals surface area contributed by atoms with Gasteiger partial charge in [0.1, 0.15) is 11.6 Å². The van der Waals surface area contributed by atoms with Gasteiger partial charge in [-0.1, -0.05) is 23.7 Å². The number of benzene rings is 1. The molecule has 0 radical (unpaired) electrons. The molecule has 0 unspecified atom stereocenters. The Balaban J connectivity index is 0.00000153. The average molecular weight is 530 g/mol. The van der Waals surface area contributed by atoms with E-state index in [0.29, 0.717) is 17.5 Å². The molecule has 0 spiro atoms. The number of anilines is 1. The van der Waals surface area contributed by atoms with Crippen LogP contribution >= 0.6 is 47.8 Å². The highest BCUT2D eigenvalue weighted by atomic mass is 35.5. The van der Waals surface area contributed by atoms with Crippen LogP contribution in [0.1, 0.15) is 21.1 Å². The van der Waals surface area contributed by atoms with Crippen LogP contribution in [0.25, 0.3) is 0 Å². The number of rotatable bonds is 6. The van der Waals surface area contributed by atoms with E-state index in [4.69, 9.17) is 21.3 Å². The maximum absolute atomic E-state index is 6.04. The molecule has 0 aliphatic carbocycles. The normalized spacial score (nSPS) is 15.8. The van der Waals surface area contributed by atoms with E-state index >= 15 is 0 Å². The van der Waals surface area contributed by atoms with Crippen LogP contribution in [0.3, 0.4) is 0 Å². The first kappa shape index (κ1) is 25.9. The first-order valence-electron chi connectivity index (χ1n) is 10.6. The van der Waals surface area contributed by atoms with Gasteiger partial charge in [-0.3, -0.25) is 9.88 Å². The zero-order valence-electron chi connectivity index (χ0n) is 18.1. The first-order chi connectivity index (χ1) is 15.2. The highest BCUT2D eigenvalue weighted by molar-refractivity contribution is 7.11. The number of hydrogen-bond donors (Lipinski definition) is 1. The molecule has 0 bridgehead atoms. The number of thiazole rings is 1. The number of halogens is 3. The smallest absolute Gasteiger partial charge is 0.234 e. The third-order valence-electron chi connectivity index (χ3n) is 5.58. The Hall–Kier alpha value is -1.68. The van der Waals surface area contributed by atoms with Gasteiger partial charge in [0.25, 0.3) is 0 Å². The van der Waals surface area contributed by atoms with Crippen molar-refractivity contribution in [3.8, 4) is 5.88 Å². The van der Waals surface area contributed by atoms with Crippen LogP contribution in [0, 0.1) is 0 Å². The maximum atomic E-state index is 6.04. The number of nitrogens with zero attached hydrogens (tertiary/aromatic N) is 5. The highest BCUT2D eigenvalue weighted by Gasteiger charge is 2.21. The van der Waals surface area contributed by atoms with E-state index < -0.39 is 0 Å². The van der Waals surface area contributed by atoms with E-state index in [1.807, 2.05) is 41.8 Å². The molecule has 4 heterocycles. The van der Waals surface area contributed by atoms with Crippen LogP contribution in [-0.2, 0) is 26.1 Å². The lowest BCUT2D eigenvalue weighted by atomic mass is 10.2. The van der Waals surface area contributed by atoms with Gasteiger partial charge in [0.05, 0.1) is 24.6 Å². The molecule has 5 rings (SSSR count). The Morgan fingerprint density at radius 3 is 2.73 bits per heavy atom. The number of nitrogens with one attached hydrogen (secondary N) is 1. The van der Waals surface area contributed by atoms with Gasteiger partial charge in [0.2, 0.25) is 5.88 Å². The van der Waals surface area contributed by atoms with Crippen molar-refractivity contribution in [1.29, 1.82) is 0 Å². The molecule has 7 nitrogen and oxygen atoms in total. The quantitative estimate of drug-likeness (QED) is 0.518. The second-order valence-electron chi connectivity index (χ2n) is 7.80. The van der Waals surface area contributed by atoms with Crippen molar-refractivity contribution in [2.45, 2.75) is 26.1 Å². The summed E-state index contributed by atoms with van der Waals surface area (Å²) in [6.07, 6.45) is 4.52. The molecule has 0 atom stereocenters. The van der Waals surface area contributed by atoms with E-state index in [-0.39, 0.29) is 24.8 Å². The second kappa shape index (κ2) is 12.1. The lowest BCUT2D eigenvalue weighted by Gasteiger charge is -2.34. The van der Waals surface area contributed by atoms with E-state index in [1.165, 1.54) is 15.6 Å². The molecule has 0 amide bonds. The molecule has 1 aromatic carbocycles. The van der Waals surface area contributed by atoms with Gasteiger partial charge in [-0.25, -0.2) is 4.98 Å². The van der Waals surface area contributed by atoms with Crippen LogP contribution in [-0.4, -0.2) is 52.6 Å². The SMILES string of the molecule is Cl.Cl.Clc1cccc(COc2cncc(N3CCN(Cc4nc5c(s4)CNCC5)CC3)n2)c1. The summed E-state index contributed by atoms with van der Waals surface area (Å²) in [5.41, 5.74) is 2.30. The van der Waals surface area contributed by atoms with Crippen LogP contribution in [0.4, 0.5) is 5.82 Å². The highest BCUT2D eigenvalue weighted by Crippen LogP contribution is 2.24. The molecular weight excluding hydrogens is 503 g/mol. The molecule has 2 aromatic heterocycles. The maximum Gasteiger partial charge on any atom is 0.234 e. The number of piperazine rings is 1. The van der Waals surface area contributed by atoms with Gasteiger partial charge in [-0.2, -0.15) is 4.98 Å². The largest absolute Gasteiger partial charge is 0.472 e. The molecule has 1 saturated heterocycles. The Kier molecular flexibility index (Phi) is 9.55. The number of ether oxygens (including phenoxy) is 1. The minimum absolute atomic E-state index is 0. The molecule has 1 fully saturated rings. The predicted molar refractivity (Wildman–Crippen MR) is 137 cm³/mol. The second-order valence-corrected chi connectivity index (χ2v) is 9.41. The van der Waals surface area contributed by atoms with Gasteiger partial charge in [-0.05, 0) is 17.7 Å². The van der Waals surface area contributed by atoms with Crippen molar-refractivity contribution in [3.63, 3.8) is 0 Å². The van der Waals surface area contributed by atoms with Gasteiger partial charge in [0.15, 0.2) is 5.82 Å². The molecule has 2 aliphatic rings. The Morgan fingerprint density at radius 2 is 1.94 bits per heavy atom. The van der Waals surface area contributed by atoms with E-state index in [2.05, 4.69) is 25.1 Å². The molecule has 2 aliphatic heterocycles. The summed E-state index contributed by atoms with van der Waals surface area (Å²) in [5, 5.41) is 5.37. The van der Waals surface area contributed by atoms with Crippen LogP contribution in [0.15, 0.2) is 36.7 Å². The van der Waals surface area contributed by atoms with Crippen LogP contribution < -0.4 is 15.0 Å². The monoisotopic (exact) mass is 528 g/mol. The first-order valence-corrected chi connectivity index (χ1v) is 11.8. The Morgan fingerprint density at radius 1 is 1.09 bits per heavy atom. The van der Waals surface area contributed by atoms with Crippen molar-refractivity contribution in [2.75, 3.05) is 37.6 Å². The molecular formula is C22H27Cl3N6OS. The fourth-order valence-electron chi connectivity index (χ4n) is 3.92. The molecule has 3 aromatic rings. The summed E-state index contributed by atoms with van der Waals surface area (Å²) >= 11 is 7.90. The van der Waals surface area contributed by atoms with Gasteiger partial charge >= 0.3 is 0 Å². The Bertz CT molecular complexity index is 1020. The summed E-state index contributed by atoms with van der Waals surface area (Å²) in [6, 6.07) is 7.65. The van der Waals surface area contributed by atoms with Crippen molar-refractivity contribution in [1.82, 2.24) is 25.2 Å². The van der Waals surface area contributed by atoms with E-state index in [1.54, 1.807) is 6.20 Å². The van der Waals surface area contributed by atoms with Crippen molar-refractivity contribution in [3.05, 3.63) is 62.8 Å². The predicted octanol–water partition coefficient (Wildman–Crippen LogP) is 3.98. The van der Waals surface area contributed by atoms with Crippen LogP contribution in [0.5, 0.6) is 5.88 Å². The van der Waals surface area contributed by atoms with Crippen molar-refractivity contribution < 1.29 is 4.74 Å². The van der Waals surface area contributed by atoms with Crippen molar-refractivity contribution >= 4 is 53.6 Å². The van der Waals surface area contributed by atoms with Gasteiger partial charge < -0.3 is 15.0 Å². The topological polar surface area (TPSA) is 66.4 Å². The molecule has 11 heteroatoms. The average Bonchev–Trinajstić information content (AvgIpc) is 3.21. The summed E-state index contributed by atoms with van der Waals surface area (Å²) in [4.78, 5) is 20.0. The van der Waals surface area contributed by atoms with E-state index in [9.17, 15) is 0 Å². The number of aromatic nitrogens is 3. The molecule has 1 N–H and O–H groups in total. The lowest BCUT2D eigenvalue weighted by molar-refractivity contribution is 0.248. The van der Waals surface area contributed by atoms with Crippen molar-refractivity contribution in [2.24, 2.45) is 0 Å². The number of hydrogen-bond acceptors (Lipinski definition) is 8. The summed E-state index contributed by atoms with van der Waals surface area (Å²) in [6.45, 7) is 7.15. The zero-order chi connectivity index (χ0) is 21.0. The fourth-order valence-corrected chi connectivity index (χ4v) is 5.26. The van der Waals surface area contributed by atoms with Gasteiger partial charge in [0, 0.05) is 55.6 Å². The Labute approximate surface area is 215 Å².